The molecule has 2 unspecified atom stereocenters. The van der Waals surface area contributed by atoms with Gasteiger partial charge in [-0.3, -0.25) is 0 Å². The van der Waals surface area contributed by atoms with Crippen LogP contribution in [0.15, 0.2) is 24.3 Å². The molecule has 0 bridgehead atoms. The summed E-state index contributed by atoms with van der Waals surface area (Å²) < 4.78 is 5.74. The fourth-order valence-electron chi connectivity index (χ4n) is 2.35. The molecule has 0 radical (unpaired) electrons. The first kappa shape index (κ1) is 12.7. The van der Waals surface area contributed by atoms with Crippen molar-refractivity contribution < 1.29 is 4.74 Å². The van der Waals surface area contributed by atoms with E-state index in [0.29, 0.717) is 12.1 Å². The Labute approximate surface area is 108 Å². The molecule has 1 aliphatic heterocycles. The molecule has 1 aliphatic rings. The number of ether oxygens (including phenoxy) is 1. The van der Waals surface area contributed by atoms with Gasteiger partial charge in [0.1, 0.15) is 0 Å². The van der Waals surface area contributed by atoms with Crippen molar-refractivity contribution in [2.75, 3.05) is 11.9 Å². The molecule has 1 fully saturated rings. The van der Waals surface area contributed by atoms with Gasteiger partial charge < -0.3 is 10.1 Å². The molecule has 2 atom stereocenters. The van der Waals surface area contributed by atoms with E-state index >= 15 is 0 Å². The van der Waals surface area contributed by atoms with E-state index in [2.05, 4.69) is 18.3 Å². The number of anilines is 1. The predicted octanol–water partition coefficient (Wildman–Crippen LogP) is 4.10. The van der Waals surface area contributed by atoms with Gasteiger partial charge in [-0.05, 0) is 37.5 Å². The van der Waals surface area contributed by atoms with Crippen molar-refractivity contribution >= 4 is 17.3 Å². The molecule has 2 rings (SSSR count). The third-order valence-electron chi connectivity index (χ3n) is 3.17. The van der Waals surface area contributed by atoms with E-state index < -0.39 is 0 Å². The van der Waals surface area contributed by atoms with Crippen molar-refractivity contribution in [3.63, 3.8) is 0 Å². The van der Waals surface area contributed by atoms with Crippen molar-refractivity contribution in [3.05, 3.63) is 29.3 Å². The van der Waals surface area contributed by atoms with E-state index in [1.165, 1.54) is 6.42 Å². The van der Waals surface area contributed by atoms with E-state index in [-0.39, 0.29) is 0 Å². The van der Waals surface area contributed by atoms with Gasteiger partial charge in [0.05, 0.1) is 6.10 Å². The lowest BCUT2D eigenvalue weighted by atomic mass is 10.00. The van der Waals surface area contributed by atoms with Gasteiger partial charge in [0.25, 0.3) is 0 Å². The Morgan fingerprint density at radius 2 is 2.35 bits per heavy atom. The molecule has 17 heavy (non-hydrogen) atoms. The van der Waals surface area contributed by atoms with Crippen molar-refractivity contribution in [1.82, 2.24) is 0 Å². The van der Waals surface area contributed by atoms with Crippen LogP contribution in [-0.2, 0) is 4.74 Å². The maximum atomic E-state index is 5.98. The number of hydrogen-bond acceptors (Lipinski definition) is 2. The van der Waals surface area contributed by atoms with Crippen molar-refractivity contribution in [3.8, 4) is 0 Å². The molecule has 1 saturated heterocycles. The highest BCUT2D eigenvalue weighted by Gasteiger charge is 2.21. The van der Waals surface area contributed by atoms with Crippen LogP contribution < -0.4 is 5.32 Å². The first-order valence-electron chi connectivity index (χ1n) is 6.41. The quantitative estimate of drug-likeness (QED) is 0.872. The van der Waals surface area contributed by atoms with Crippen LogP contribution in [0.4, 0.5) is 5.69 Å². The monoisotopic (exact) mass is 253 g/mol. The van der Waals surface area contributed by atoms with Crippen LogP contribution in [0.1, 0.15) is 32.6 Å². The van der Waals surface area contributed by atoms with E-state index in [1.807, 2.05) is 18.2 Å². The van der Waals surface area contributed by atoms with Crippen LogP contribution in [0.25, 0.3) is 0 Å². The van der Waals surface area contributed by atoms with Gasteiger partial charge in [-0.1, -0.05) is 31.0 Å². The highest BCUT2D eigenvalue weighted by atomic mass is 35.5. The van der Waals surface area contributed by atoms with Crippen molar-refractivity contribution in [2.45, 2.75) is 44.8 Å². The second kappa shape index (κ2) is 6.27. The number of rotatable bonds is 4. The second-order valence-corrected chi connectivity index (χ2v) is 5.09. The lowest BCUT2D eigenvalue weighted by Gasteiger charge is -2.30. The maximum Gasteiger partial charge on any atom is 0.0594 e. The highest BCUT2D eigenvalue weighted by Crippen LogP contribution is 2.22. The zero-order valence-electron chi connectivity index (χ0n) is 10.3. The minimum Gasteiger partial charge on any atom is -0.382 e. The number of nitrogens with one attached hydrogen (secondary N) is 1. The first-order valence-corrected chi connectivity index (χ1v) is 6.79. The molecule has 1 aromatic rings. The summed E-state index contributed by atoms with van der Waals surface area (Å²) in [5.74, 6) is 0. The Morgan fingerprint density at radius 1 is 1.47 bits per heavy atom. The Kier molecular flexibility index (Phi) is 4.69. The van der Waals surface area contributed by atoms with Crippen LogP contribution in [-0.4, -0.2) is 18.8 Å². The predicted molar refractivity (Wildman–Crippen MR) is 72.7 cm³/mol. The van der Waals surface area contributed by atoms with Crippen LogP contribution >= 0.6 is 11.6 Å². The average molecular weight is 254 g/mol. The highest BCUT2D eigenvalue weighted by molar-refractivity contribution is 6.30. The van der Waals surface area contributed by atoms with Crippen LogP contribution in [0.2, 0.25) is 5.02 Å². The summed E-state index contributed by atoms with van der Waals surface area (Å²) in [4.78, 5) is 0. The molecular formula is C14H20ClNO. The number of hydrogen-bond donors (Lipinski definition) is 1. The molecule has 1 N–H and O–H groups in total. The third kappa shape index (κ3) is 3.90. The van der Waals surface area contributed by atoms with Gasteiger partial charge >= 0.3 is 0 Å². The molecule has 1 aromatic carbocycles. The molecule has 0 amide bonds. The van der Waals surface area contributed by atoms with Crippen LogP contribution in [0.3, 0.4) is 0 Å². The van der Waals surface area contributed by atoms with Gasteiger partial charge in [0.2, 0.25) is 0 Å². The smallest absolute Gasteiger partial charge is 0.0594 e. The number of benzene rings is 1. The lowest BCUT2D eigenvalue weighted by Crippen LogP contribution is -2.33. The van der Waals surface area contributed by atoms with Gasteiger partial charge in [-0.15, -0.1) is 0 Å². The molecule has 0 aromatic heterocycles. The summed E-state index contributed by atoms with van der Waals surface area (Å²) in [6.07, 6.45) is 4.94. The first-order chi connectivity index (χ1) is 8.28. The van der Waals surface area contributed by atoms with E-state index in [9.17, 15) is 0 Å². The molecule has 0 spiro atoms. The van der Waals surface area contributed by atoms with Crippen LogP contribution in [0.5, 0.6) is 0 Å². The van der Waals surface area contributed by atoms with Crippen molar-refractivity contribution in [1.29, 1.82) is 0 Å². The van der Waals surface area contributed by atoms with E-state index in [1.54, 1.807) is 0 Å². The standard InChI is InChI=1S/C14H20ClNO/c1-2-4-14-10-13(7-8-17-14)16-12-6-3-5-11(15)9-12/h3,5-6,9,13-14,16H,2,4,7-8,10H2,1H3. The topological polar surface area (TPSA) is 21.3 Å². The number of halogens is 1. The van der Waals surface area contributed by atoms with Gasteiger partial charge in [0.15, 0.2) is 0 Å². The van der Waals surface area contributed by atoms with Gasteiger partial charge in [-0.25, -0.2) is 0 Å². The lowest BCUT2D eigenvalue weighted by molar-refractivity contribution is 0.00598. The fourth-order valence-corrected chi connectivity index (χ4v) is 2.54. The zero-order valence-corrected chi connectivity index (χ0v) is 11.0. The Morgan fingerprint density at radius 3 is 3.12 bits per heavy atom. The Bertz CT molecular complexity index is 354. The van der Waals surface area contributed by atoms with Crippen molar-refractivity contribution in [2.24, 2.45) is 0 Å². The molecule has 3 heteroatoms. The summed E-state index contributed by atoms with van der Waals surface area (Å²) in [5.41, 5.74) is 1.11. The molecular weight excluding hydrogens is 234 g/mol. The summed E-state index contributed by atoms with van der Waals surface area (Å²) >= 11 is 5.98. The normalized spacial score (nSPS) is 24.6. The molecule has 2 nitrogen and oxygen atoms in total. The van der Waals surface area contributed by atoms with Gasteiger partial charge in [0, 0.05) is 23.4 Å². The fraction of sp³-hybridized carbons (Fsp3) is 0.571. The summed E-state index contributed by atoms with van der Waals surface area (Å²) in [7, 11) is 0. The Hall–Kier alpha value is -0.730. The minimum atomic E-state index is 0.422. The summed E-state index contributed by atoms with van der Waals surface area (Å²) in [6.45, 7) is 3.07. The zero-order chi connectivity index (χ0) is 12.1. The average Bonchev–Trinajstić information content (AvgIpc) is 2.30. The third-order valence-corrected chi connectivity index (χ3v) is 3.41. The molecule has 0 aliphatic carbocycles. The largest absolute Gasteiger partial charge is 0.382 e. The summed E-state index contributed by atoms with van der Waals surface area (Å²) in [5, 5.41) is 4.33. The van der Waals surface area contributed by atoms with Crippen LogP contribution in [0, 0.1) is 0 Å². The Balaban J connectivity index is 1.90. The molecule has 94 valence electrons. The minimum absolute atomic E-state index is 0.422. The van der Waals surface area contributed by atoms with E-state index in [0.717, 1.165) is 36.6 Å². The second-order valence-electron chi connectivity index (χ2n) is 4.66. The van der Waals surface area contributed by atoms with E-state index in [4.69, 9.17) is 16.3 Å². The molecule has 0 saturated carbocycles. The maximum absolute atomic E-state index is 5.98. The SMILES string of the molecule is CCCC1CC(Nc2cccc(Cl)c2)CCO1. The summed E-state index contributed by atoms with van der Waals surface area (Å²) in [6, 6.07) is 8.44. The molecule has 1 heterocycles. The van der Waals surface area contributed by atoms with Gasteiger partial charge in [-0.2, -0.15) is 0 Å².